The first-order chi connectivity index (χ1) is 10.7. The Balaban J connectivity index is 2.49. The number of aromatic nitrogens is 2. The summed E-state index contributed by atoms with van der Waals surface area (Å²) in [5.74, 6) is -0.959. The van der Waals surface area contributed by atoms with E-state index in [1.165, 1.54) is 31.2 Å². The fourth-order valence-corrected chi connectivity index (χ4v) is 2.04. The Hall–Kier alpha value is -2.06. The molecular formula is C14H13ClF3N3O2. The maximum Gasteiger partial charge on any atom is 0.434 e. The molecule has 0 aliphatic heterocycles. The minimum Gasteiger partial charge on any atom is -0.394 e. The standard InChI is InChI=1S/C14H13ClF3N3O2/c1-8(7-22)20-13(23)11-6-19-21(12(11)14(16,17)18)10-4-2-9(15)3-5-10/h2-6,8,22H,7H2,1H3,(H,20,23). The molecule has 2 rings (SSSR count). The van der Waals surface area contributed by atoms with Crippen LogP contribution in [0.1, 0.15) is 23.0 Å². The Labute approximate surface area is 134 Å². The van der Waals surface area contributed by atoms with E-state index in [0.29, 0.717) is 9.70 Å². The molecule has 1 heterocycles. The van der Waals surface area contributed by atoms with Crippen LogP contribution >= 0.6 is 11.6 Å². The van der Waals surface area contributed by atoms with E-state index in [9.17, 15) is 18.0 Å². The lowest BCUT2D eigenvalue weighted by Crippen LogP contribution is -2.36. The molecule has 0 aliphatic rings. The zero-order valence-electron chi connectivity index (χ0n) is 11.9. The van der Waals surface area contributed by atoms with Crippen LogP contribution in [-0.2, 0) is 6.18 Å². The number of alkyl halides is 3. The first-order valence-electron chi connectivity index (χ1n) is 6.57. The molecule has 9 heteroatoms. The van der Waals surface area contributed by atoms with E-state index in [1.807, 2.05) is 0 Å². The highest BCUT2D eigenvalue weighted by atomic mass is 35.5. The fourth-order valence-electron chi connectivity index (χ4n) is 1.91. The van der Waals surface area contributed by atoms with Gasteiger partial charge in [0, 0.05) is 11.1 Å². The van der Waals surface area contributed by atoms with E-state index in [-0.39, 0.29) is 5.69 Å². The summed E-state index contributed by atoms with van der Waals surface area (Å²) in [5.41, 5.74) is -1.69. The van der Waals surface area contributed by atoms with Crippen molar-refractivity contribution in [2.45, 2.75) is 19.1 Å². The van der Waals surface area contributed by atoms with Crippen LogP contribution in [0.2, 0.25) is 5.02 Å². The van der Waals surface area contributed by atoms with Crippen molar-refractivity contribution in [1.82, 2.24) is 15.1 Å². The molecule has 0 radical (unpaired) electrons. The molecule has 0 bridgehead atoms. The zero-order valence-corrected chi connectivity index (χ0v) is 12.7. The molecule has 2 aromatic rings. The quantitative estimate of drug-likeness (QED) is 0.893. The second-order valence-electron chi connectivity index (χ2n) is 4.85. The van der Waals surface area contributed by atoms with E-state index in [0.717, 1.165) is 6.20 Å². The number of carbonyl (C=O) groups excluding carboxylic acids is 1. The topological polar surface area (TPSA) is 67.2 Å². The first kappa shape index (κ1) is 17.3. The number of benzene rings is 1. The maximum absolute atomic E-state index is 13.4. The minimum absolute atomic E-state index is 0.121. The van der Waals surface area contributed by atoms with Crippen LogP contribution in [0.3, 0.4) is 0 Å². The highest BCUT2D eigenvalue weighted by molar-refractivity contribution is 6.30. The van der Waals surface area contributed by atoms with Crippen LogP contribution < -0.4 is 5.32 Å². The van der Waals surface area contributed by atoms with Crippen molar-refractivity contribution in [2.24, 2.45) is 0 Å². The summed E-state index contributed by atoms with van der Waals surface area (Å²) in [7, 11) is 0. The van der Waals surface area contributed by atoms with Crippen molar-refractivity contribution < 1.29 is 23.1 Å². The number of halogens is 4. The number of hydrogen-bond donors (Lipinski definition) is 2. The predicted octanol–water partition coefficient (Wildman–Crippen LogP) is 2.66. The number of aliphatic hydroxyl groups excluding tert-OH is 1. The van der Waals surface area contributed by atoms with E-state index >= 15 is 0 Å². The van der Waals surface area contributed by atoms with Crippen LogP contribution in [0, 0.1) is 0 Å². The normalized spacial score (nSPS) is 13.0. The summed E-state index contributed by atoms with van der Waals surface area (Å²) in [6, 6.07) is 4.89. The smallest absolute Gasteiger partial charge is 0.394 e. The van der Waals surface area contributed by atoms with Crippen molar-refractivity contribution in [2.75, 3.05) is 6.61 Å². The number of hydrogen-bond acceptors (Lipinski definition) is 3. The van der Waals surface area contributed by atoms with Gasteiger partial charge in [-0.15, -0.1) is 0 Å². The van der Waals surface area contributed by atoms with Gasteiger partial charge in [0.2, 0.25) is 0 Å². The van der Waals surface area contributed by atoms with Gasteiger partial charge in [-0.2, -0.15) is 18.3 Å². The van der Waals surface area contributed by atoms with Crippen molar-refractivity contribution in [3.63, 3.8) is 0 Å². The Morgan fingerprint density at radius 1 is 1.39 bits per heavy atom. The van der Waals surface area contributed by atoms with Gasteiger partial charge in [-0.1, -0.05) is 11.6 Å². The summed E-state index contributed by atoms with van der Waals surface area (Å²) < 4.78 is 40.7. The highest BCUT2D eigenvalue weighted by Crippen LogP contribution is 2.33. The first-order valence-corrected chi connectivity index (χ1v) is 6.94. The number of nitrogens with zero attached hydrogens (tertiary/aromatic N) is 2. The lowest BCUT2D eigenvalue weighted by Gasteiger charge is -2.14. The van der Waals surface area contributed by atoms with E-state index in [1.54, 1.807) is 0 Å². The van der Waals surface area contributed by atoms with Gasteiger partial charge in [0.05, 0.1) is 24.1 Å². The molecule has 0 fully saturated rings. The van der Waals surface area contributed by atoms with Gasteiger partial charge in [0.25, 0.3) is 5.91 Å². The molecule has 124 valence electrons. The lowest BCUT2D eigenvalue weighted by molar-refractivity contribution is -0.143. The maximum atomic E-state index is 13.4. The highest BCUT2D eigenvalue weighted by Gasteiger charge is 2.40. The van der Waals surface area contributed by atoms with Gasteiger partial charge >= 0.3 is 6.18 Å². The second-order valence-corrected chi connectivity index (χ2v) is 5.29. The van der Waals surface area contributed by atoms with Crippen molar-refractivity contribution in [1.29, 1.82) is 0 Å². The number of rotatable bonds is 4. The van der Waals surface area contributed by atoms with Crippen LogP contribution in [0.5, 0.6) is 0 Å². The number of carbonyl (C=O) groups is 1. The molecule has 0 saturated carbocycles. The Morgan fingerprint density at radius 3 is 2.52 bits per heavy atom. The summed E-state index contributed by atoms with van der Waals surface area (Å²) in [4.78, 5) is 12.0. The van der Waals surface area contributed by atoms with Gasteiger partial charge in [-0.3, -0.25) is 4.79 Å². The molecule has 1 aromatic heterocycles. The molecule has 23 heavy (non-hydrogen) atoms. The SMILES string of the molecule is CC(CO)NC(=O)c1cnn(-c2ccc(Cl)cc2)c1C(F)(F)F. The Bertz CT molecular complexity index is 698. The summed E-state index contributed by atoms with van der Waals surface area (Å²) in [6.07, 6.45) is -3.94. The Kier molecular flexibility index (Phi) is 4.96. The molecule has 1 aromatic carbocycles. The van der Waals surface area contributed by atoms with E-state index in [2.05, 4.69) is 10.4 Å². The molecule has 1 unspecified atom stereocenters. The van der Waals surface area contributed by atoms with Crippen LogP contribution in [0.4, 0.5) is 13.2 Å². The summed E-state index contributed by atoms with van der Waals surface area (Å²) in [5, 5.41) is 15.2. The van der Waals surface area contributed by atoms with Crippen LogP contribution in [-0.4, -0.2) is 33.4 Å². The molecule has 0 aliphatic carbocycles. The summed E-state index contributed by atoms with van der Waals surface area (Å²) in [6.45, 7) is 1.08. The third-order valence-corrected chi connectivity index (χ3v) is 3.26. The zero-order chi connectivity index (χ0) is 17.2. The van der Waals surface area contributed by atoms with Gasteiger partial charge in [0.1, 0.15) is 0 Å². The van der Waals surface area contributed by atoms with Gasteiger partial charge in [0.15, 0.2) is 5.69 Å². The molecule has 1 atom stereocenters. The second kappa shape index (κ2) is 6.59. The molecule has 5 nitrogen and oxygen atoms in total. The molecular weight excluding hydrogens is 335 g/mol. The van der Waals surface area contributed by atoms with E-state index < -0.39 is 36.0 Å². The Morgan fingerprint density at radius 2 is 2.00 bits per heavy atom. The third kappa shape index (κ3) is 3.83. The minimum atomic E-state index is -4.79. The molecule has 0 saturated heterocycles. The van der Waals surface area contributed by atoms with Crippen LogP contribution in [0.25, 0.3) is 5.69 Å². The third-order valence-electron chi connectivity index (χ3n) is 3.00. The van der Waals surface area contributed by atoms with Crippen LogP contribution in [0.15, 0.2) is 30.5 Å². The van der Waals surface area contributed by atoms with Crippen molar-refractivity contribution in [3.8, 4) is 5.69 Å². The molecule has 0 spiro atoms. The van der Waals surface area contributed by atoms with Gasteiger partial charge in [-0.05, 0) is 31.2 Å². The van der Waals surface area contributed by atoms with Gasteiger partial charge < -0.3 is 10.4 Å². The summed E-state index contributed by atoms with van der Waals surface area (Å²) >= 11 is 5.72. The van der Waals surface area contributed by atoms with Crippen molar-refractivity contribution >= 4 is 17.5 Å². The average Bonchev–Trinajstić information content (AvgIpc) is 2.93. The number of aliphatic hydroxyl groups is 1. The average molecular weight is 348 g/mol. The fraction of sp³-hybridized carbons (Fsp3) is 0.286. The van der Waals surface area contributed by atoms with Gasteiger partial charge in [-0.25, -0.2) is 4.68 Å². The number of amides is 1. The number of nitrogens with one attached hydrogen (secondary N) is 1. The molecule has 2 N–H and O–H groups in total. The predicted molar refractivity (Wildman–Crippen MR) is 77.6 cm³/mol. The lowest BCUT2D eigenvalue weighted by atomic mass is 10.2. The molecule has 1 amide bonds. The largest absolute Gasteiger partial charge is 0.434 e. The van der Waals surface area contributed by atoms with Crippen molar-refractivity contribution in [3.05, 3.63) is 46.7 Å². The monoisotopic (exact) mass is 347 g/mol. The van der Waals surface area contributed by atoms with E-state index in [4.69, 9.17) is 16.7 Å².